The second-order valence-corrected chi connectivity index (χ2v) is 7.43. The second-order valence-electron chi connectivity index (χ2n) is 5.18. The predicted octanol–water partition coefficient (Wildman–Crippen LogP) is 5.59. The Kier molecular flexibility index (Phi) is 5.29. The maximum atomic E-state index is 12.5. The summed E-state index contributed by atoms with van der Waals surface area (Å²) in [6.07, 6.45) is 1.39. The SMILES string of the molecule is O=C1SC(=Cc2cc(Cl)cc(Cl)c2O)C(=O)N1Cc1ccccc1Cl. The van der Waals surface area contributed by atoms with E-state index in [0.717, 1.165) is 16.7 Å². The minimum atomic E-state index is -0.467. The number of hydrogen-bond donors (Lipinski definition) is 1. The van der Waals surface area contributed by atoms with Crippen molar-refractivity contribution in [2.75, 3.05) is 0 Å². The van der Waals surface area contributed by atoms with Crippen LogP contribution in [0.1, 0.15) is 11.1 Å². The van der Waals surface area contributed by atoms with Crippen LogP contribution in [0.25, 0.3) is 6.08 Å². The lowest BCUT2D eigenvalue weighted by molar-refractivity contribution is -0.123. The third-order valence-corrected chi connectivity index (χ3v) is 5.29. The Morgan fingerprint density at radius 1 is 1.08 bits per heavy atom. The van der Waals surface area contributed by atoms with Gasteiger partial charge in [0.25, 0.3) is 11.1 Å². The monoisotopic (exact) mass is 413 g/mol. The van der Waals surface area contributed by atoms with Gasteiger partial charge < -0.3 is 5.11 Å². The van der Waals surface area contributed by atoms with Crippen molar-refractivity contribution in [2.24, 2.45) is 0 Å². The van der Waals surface area contributed by atoms with Crippen LogP contribution in [-0.4, -0.2) is 21.2 Å². The molecular formula is C17H10Cl3NO3S. The normalized spacial score (nSPS) is 16.1. The zero-order valence-corrected chi connectivity index (χ0v) is 15.6. The highest BCUT2D eigenvalue weighted by atomic mass is 35.5. The lowest BCUT2D eigenvalue weighted by atomic mass is 10.1. The zero-order chi connectivity index (χ0) is 18.1. The highest BCUT2D eigenvalue weighted by Gasteiger charge is 2.35. The molecule has 0 spiro atoms. The second kappa shape index (κ2) is 7.30. The number of rotatable bonds is 3. The lowest BCUT2D eigenvalue weighted by Crippen LogP contribution is -2.27. The van der Waals surface area contributed by atoms with Crippen LogP contribution in [0, 0.1) is 0 Å². The molecule has 0 radical (unpaired) electrons. The summed E-state index contributed by atoms with van der Waals surface area (Å²) < 4.78 is 0. The molecule has 0 bridgehead atoms. The Labute approximate surface area is 163 Å². The van der Waals surface area contributed by atoms with Crippen molar-refractivity contribution in [1.82, 2.24) is 4.90 Å². The summed E-state index contributed by atoms with van der Waals surface area (Å²) in [6.45, 7) is 0.0734. The number of thioether (sulfide) groups is 1. The number of phenolic OH excluding ortho intramolecular Hbond substituents is 1. The van der Waals surface area contributed by atoms with Crippen LogP contribution in [-0.2, 0) is 11.3 Å². The highest BCUT2D eigenvalue weighted by Crippen LogP contribution is 2.38. The third-order valence-electron chi connectivity index (χ3n) is 3.50. The molecule has 0 aromatic heterocycles. The standard InChI is InChI=1S/C17H10Cl3NO3S/c18-11-5-10(15(22)13(20)7-11)6-14-16(23)21(17(24)25-14)8-9-3-1-2-4-12(9)19/h1-7,22H,8H2. The van der Waals surface area contributed by atoms with Crippen molar-refractivity contribution < 1.29 is 14.7 Å². The van der Waals surface area contributed by atoms with Gasteiger partial charge in [-0.15, -0.1) is 0 Å². The first-order chi connectivity index (χ1) is 11.9. The number of aromatic hydroxyl groups is 1. The number of carbonyl (C=O) groups excluding carboxylic acids is 2. The van der Waals surface area contributed by atoms with E-state index in [1.165, 1.54) is 18.2 Å². The summed E-state index contributed by atoms with van der Waals surface area (Å²) in [4.78, 5) is 26.0. The molecule has 2 aromatic carbocycles. The number of hydrogen-bond acceptors (Lipinski definition) is 4. The number of imide groups is 1. The summed E-state index contributed by atoms with van der Waals surface area (Å²) in [5, 5.41) is 10.4. The molecule has 1 fully saturated rings. The van der Waals surface area contributed by atoms with Crippen LogP contribution in [0.4, 0.5) is 4.79 Å². The van der Waals surface area contributed by atoms with Crippen molar-refractivity contribution in [3.8, 4) is 5.75 Å². The molecule has 25 heavy (non-hydrogen) atoms. The van der Waals surface area contributed by atoms with Gasteiger partial charge >= 0.3 is 0 Å². The Morgan fingerprint density at radius 2 is 1.80 bits per heavy atom. The van der Waals surface area contributed by atoms with E-state index >= 15 is 0 Å². The van der Waals surface area contributed by atoms with Crippen LogP contribution in [0.15, 0.2) is 41.3 Å². The Bertz CT molecular complexity index is 914. The highest BCUT2D eigenvalue weighted by molar-refractivity contribution is 8.18. The first-order valence-electron chi connectivity index (χ1n) is 7.03. The molecular weight excluding hydrogens is 405 g/mol. The van der Waals surface area contributed by atoms with Crippen LogP contribution >= 0.6 is 46.6 Å². The molecule has 1 aliphatic rings. The van der Waals surface area contributed by atoms with Gasteiger partial charge in [-0.05, 0) is 41.6 Å². The average Bonchev–Trinajstić information content (AvgIpc) is 2.81. The predicted molar refractivity (Wildman–Crippen MR) is 101 cm³/mol. The molecule has 0 unspecified atom stereocenters. The summed E-state index contributed by atoms with van der Waals surface area (Å²) >= 11 is 18.7. The molecule has 3 rings (SSSR count). The molecule has 0 atom stereocenters. The Balaban J connectivity index is 1.90. The molecule has 8 heteroatoms. The molecule has 2 amide bonds. The molecule has 4 nitrogen and oxygen atoms in total. The zero-order valence-electron chi connectivity index (χ0n) is 12.5. The van der Waals surface area contributed by atoms with E-state index in [2.05, 4.69) is 0 Å². The van der Waals surface area contributed by atoms with Gasteiger partial charge in [-0.25, -0.2) is 0 Å². The van der Waals surface area contributed by atoms with E-state index in [9.17, 15) is 14.7 Å². The quantitative estimate of drug-likeness (QED) is 0.665. The summed E-state index contributed by atoms with van der Waals surface area (Å²) in [6, 6.07) is 9.84. The number of phenols is 1. The number of benzene rings is 2. The van der Waals surface area contributed by atoms with Crippen molar-refractivity contribution >= 4 is 63.8 Å². The molecule has 1 saturated heterocycles. The van der Waals surface area contributed by atoms with Gasteiger partial charge in [0, 0.05) is 15.6 Å². The van der Waals surface area contributed by atoms with E-state index in [4.69, 9.17) is 34.8 Å². The van der Waals surface area contributed by atoms with Gasteiger partial charge in [-0.2, -0.15) is 0 Å². The van der Waals surface area contributed by atoms with Gasteiger partial charge in [-0.1, -0.05) is 53.0 Å². The fraction of sp³-hybridized carbons (Fsp3) is 0.0588. The third kappa shape index (κ3) is 3.80. The van der Waals surface area contributed by atoms with E-state index in [-0.39, 0.29) is 27.8 Å². The van der Waals surface area contributed by atoms with E-state index < -0.39 is 11.1 Å². The van der Waals surface area contributed by atoms with E-state index in [0.29, 0.717) is 15.6 Å². The van der Waals surface area contributed by atoms with E-state index in [1.54, 1.807) is 24.3 Å². The lowest BCUT2D eigenvalue weighted by Gasteiger charge is -2.13. The van der Waals surface area contributed by atoms with Crippen molar-refractivity contribution in [3.63, 3.8) is 0 Å². The number of halogens is 3. The van der Waals surface area contributed by atoms with Crippen molar-refractivity contribution in [1.29, 1.82) is 0 Å². The van der Waals surface area contributed by atoms with Crippen LogP contribution in [0.3, 0.4) is 0 Å². The first-order valence-corrected chi connectivity index (χ1v) is 8.98. The smallest absolute Gasteiger partial charge is 0.293 e. The molecule has 0 saturated carbocycles. The van der Waals surface area contributed by atoms with Crippen LogP contribution in [0.2, 0.25) is 15.1 Å². The molecule has 0 aliphatic carbocycles. The Morgan fingerprint density at radius 3 is 2.52 bits per heavy atom. The Hall–Kier alpha value is -1.66. The molecule has 1 heterocycles. The van der Waals surface area contributed by atoms with Gasteiger partial charge in [0.05, 0.1) is 16.5 Å². The molecule has 128 valence electrons. The maximum absolute atomic E-state index is 12.5. The summed E-state index contributed by atoms with van der Waals surface area (Å²) in [5.41, 5.74) is 0.933. The van der Waals surface area contributed by atoms with Crippen molar-refractivity contribution in [3.05, 3.63) is 67.5 Å². The van der Waals surface area contributed by atoms with E-state index in [1.807, 2.05) is 0 Å². The van der Waals surface area contributed by atoms with Gasteiger partial charge in [0.1, 0.15) is 5.75 Å². The van der Waals surface area contributed by atoms with Crippen LogP contribution < -0.4 is 0 Å². The fourth-order valence-electron chi connectivity index (χ4n) is 2.27. The molecule has 1 aliphatic heterocycles. The molecule has 2 aromatic rings. The summed E-state index contributed by atoms with van der Waals surface area (Å²) in [5.74, 6) is -0.672. The van der Waals surface area contributed by atoms with Crippen LogP contribution in [0.5, 0.6) is 5.75 Å². The van der Waals surface area contributed by atoms with Crippen molar-refractivity contribution in [2.45, 2.75) is 6.54 Å². The van der Waals surface area contributed by atoms with Gasteiger partial charge in [-0.3, -0.25) is 14.5 Å². The minimum Gasteiger partial charge on any atom is -0.506 e. The van der Waals surface area contributed by atoms with Gasteiger partial charge in [0.15, 0.2) is 0 Å². The molecule has 1 N–H and O–H groups in total. The first kappa shape index (κ1) is 18.1. The number of amides is 2. The topological polar surface area (TPSA) is 57.6 Å². The number of carbonyl (C=O) groups is 2. The number of nitrogens with zero attached hydrogens (tertiary/aromatic N) is 1. The largest absolute Gasteiger partial charge is 0.506 e. The van der Waals surface area contributed by atoms with Gasteiger partial charge in [0.2, 0.25) is 0 Å². The average molecular weight is 415 g/mol. The maximum Gasteiger partial charge on any atom is 0.293 e. The fourth-order valence-corrected chi connectivity index (χ4v) is 3.80. The minimum absolute atomic E-state index is 0.0639. The summed E-state index contributed by atoms with van der Waals surface area (Å²) in [7, 11) is 0.